The van der Waals surface area contributed by atoms with Gasteiger partial charge in [-0.3, -0.25) is 14.6 Å². The van der Waals surface area contributed by atoms with E-state index in [2.05, 4.69) is 62.1 Å². The molecular formula is C28H30FN5O. The summed E-state index contributed by atoms with van der Waals surface area (Å²) in [4.78, 5) is 21.9. The minimum atomic E-state index is -0.270. The van der Waals surface area contributed by atoms with Crippen LogP contribution in [0.3, 0.4) is 0 Å². The molecule has 1 aliphatic heterocycles. The highest BCUT2D eigenvalue weighted by Gasteiger charge is 2.21. The summed E-state index contributed by atoms with van der Waals surface area (Å²) in [5, 5.41) is 2.93. The largest absolute Gasteiger partial charge is 0.351 e. The second-order valence-corrected chi connectivity index (χ2v) is 9.04. The van der Waals surface area contributed by atoms with Crippen molar-refractivity contribution in [2.75, 3.05) is 32.7 Å². The number of rotatable bonds is 8. The monoisotopic (exact) mass is 471 g/mol. The van der Waals surface area contributed by atoms with E-state index in [1.807, 2.05) is 12.1 Å². The lowest BCUT2D eigenvalue weighted by atomic mass is 10.2. The van der Waals surface area contributed by atoms with Crippen LogP contribution in [-0.4, -0.2) is 58.0 Å². The van der Waals surface area contributed by atoms with Crippen LogP contribution in [0.1, 0.15) is 17.0 Å². The molecule has 0 bridgehead atoms. The molecule has 7 heteroatoms. The molecule has 1 aliphatic rings. The topological polar surface area (TPSA) is 53.4 Å². The van der Waals surface area contributed by atoms with Crippen LogP contribution in [0.25, 0.3) is 11.0 Å². The Morgan fingerprint density at radius 2 is 1.49 bits per heavy atom. The molecule has 1 N–H and O–H groups in total. The quantitative estimate of drug-likeness (QED) is 0.426. The molecule has 0 saturated carbocycles. The Morgan fingerprint density at radius 1 is 0.800 bits per heavy atom. The molecule has 1 amide bonds. The Balaban J connectivity index is 1.16. The van der Waals surface area contributed by atoms with E-state index in [1.165, 1.54) is 17.7 Å². The average Bonchev–Trinajstić information content (AvgIpc) is 3.22. The van der Waals surface area contributed by atoms with Crippen LogP contribution in [-0.2, 0) is 24.4 Å². The maximum Gasteiger partial charge on any atom is 0.234 e. The van der Waals surface area contributed by atoms with Crippen LogP contribution in [0.4, 0.5) is 4.39 Å². The normalized spacial score (nSPS) is 14.9. The van der Waals surface area contributed by atoms with Gasteiger partial charge in [-0.15, -0.1) is 0 Å². The van der Waals surface area contributed by atoms with Gasteiger partial charge >= 0.3 is 0 Å². The van der Waals surface area contributed by atoms with E-state index >= 15 is 0 Å². The first-order chi connectivity index (χ1) is 17.1. The number of aromatic nitrogens is 2. The molecule has 0 radical (unpaired) electrons. The first-order valence-electron chi connectivity index (χ1n) is 12.1. The zero-order valence-electron chi connectivity index (χ0n) is 19.7. The average molecular weight is 472 g/mol. The molecule has 0 atom stereocenters. The molecule has 180 valence electrons. The van der Waals surface area contributed by atoms with Crippen LogP contribution < -0.4 is 5.32 Å². The predicted molar refractivity (Wildman–Crippen MR) is 135 cm³/mol. The highest BCUT2D eigenvalue weighted by atomic mass is 19.1. The molecule has 6 nitrogen and oxygen atoms in total. The maximum atomic E-state index is 13.0. The number of benzene rings is 3. The molecule has 0 aliphatic carbocycles. The van der Waals surface area contributed by atoms with Gasteiger partial charge in [-0.05, 0) is 35.4 Å². The smallest absolute Gasteiger partial charge is 0.234 e. The highest BCUT2D eigenvalue weighted by Crippen LogP contribution is 2.20. The summed E-state index contributed by atoms with van der Waals surface area (Å²) < 4.78 is 15.4. The zero-order valence-corrected chi connectivity index (χ0v) is 19.7. The second-order valence-electron chi connectivity index (χ2n) is 9.04. The summed E-state index contributed by atoms with van der Waals surface area (Å²) >= 11 is 0. The Hall–Kier alpha value is -3.55. The van der Waals surface area contributed by atoms with Crippen molar-refractivity contribution in [2.24, 2.45) is 0 Å². The first-order valence-corrected chi connectivity index (χ1v) is 12.1. The summed E-state index contributed by atoms with van der Waals surface area (Å²) in [6.07, 6.45) is 0. The molecule has 5 rings (SSSR count). The Kier molecular flexibility index (Phi) is 7.16. The SMILES string of the molecule is O=C(CN1CCN(Cc2nc3ccccc3n2Cc2ccccc2)CC1)NCc1ccc(F)cc1. The third kappa shape index (κ3) is 5.93. The van der Waals surface area contributed by atoms with E-state index < -0.39 is 0 Å². The number of carbonyl (C=O) groups excluding carboxylic acids is 1. The van der Waals surface area contributed by atoms with E-state index in [0.717, 1.165) is 61.7 Å². The Bertz CT molecular complexity index is 1260. The van der Waals surface area contributed by atoms with Crippen molar-refractivity contribution < 1.29 is 9.18 Å². The van der Waals surface area contributed by atoms with Gasteiger partial charge in [-0.2, -0.15) is 0 Å². The number of nitrogens with zero attached hydrogens (tertiary/aromatic N) is 4. The molecule has 4 aromatic rings. The zero-order chi connectivity index (χ0) is 24.0. The van der Waals surface area contributed by atoms with E-state index in [1.54, 1.807) is 12.1 Å². The van der Waals surface area contributed by atoms with Crippen molar-refractivity contribution in [1.82, 2.24) is 24.7 Å². The molecule has 1 saturated heterocycles. The van der Waals surface area contributed by atoms with E-state index in [9.17, 15) is 9.18 Å². The fourth-order valence-corrected chi connectivity index (χ4v) is 4.56. The molecule has 3 aromatic carbocycles. The number of para-hydroxylation sites is 2. The minimum Gasteiger partial charge on any atom is -0.351 e. The van der Waals surface area contributed by atoms with Gasteiger partial charge in [-0.1, -0.05) is 54.6 Å². The molecule has 2 heterocycles. The minimum absolute atomic E-state index is 0.00701. The summed E-state index contributed by atoms with van der Waals surface area (Å²) in [6, 6.07) is 25.0. The summed E-state index contributed by atoms with van der Waals surface area (Å²) in [7, 11) is 0. The van der Waals surface area contributed by atoms with Crippen molar-refractivity contribution in [3.8, 4) is 0 Å². The second kappa shape index (κ2) is 10.8. The number of hydrogen-bond donors (Lipinski definition) is 1. The van der Waals surface area contributed by atoms with Gasteiger partial charge in [0.05, 0.1) is 24.1 Å². The lowest BCUT2D eigenvalue weighted by Gasteiger charge is -2.34. The number of imidazole rings is 1. The van der Waals surface area contributed by atoms with Crippen molar-refractivity contribution in [3.63, 3.8) is 0 Å². The summed E-state index contributed by atoms with van der Waals surface area (Å²) in [5.41, 5.74) is 4.33. The fraction of sp³-hybridized carbons (Fsp3) is 0.286. The highest BCUT2D eigenvalue weighted by molar-refractivity contribution is 5.78. The van der Waals surface area contributed by atoms with Gasteiger partial charge in [0.2, 0.25) is 5.91 Å². The van der Waals surface area contributed by atoms with Gasteiger partial charge in [-0.25, -0.2) is 9.37 Å². The van der Waals surface area contributed by atoms with Gasteiger partial charge in [0.15, 0.2) is 0 Å². The van der Waals surface area contributed by atoms with Gasteiger partial charge in [0.25, 0.3) is 0 Å². The predicted octanol–water partition coefficient (Wildman–Crippen LogP) is 3.66. The van der Waals surface area contributed by atoms with Crippen LogP contribution in [0, 0.1) is 5.82 Å². The lowest BCUT2D eigenvalue weighted by molar-refractivity contribution is -0.122. The Labute approximate surface area is 205 Å². The van der Waals surface area contributed by atoms with Crippen LogP contribution in [0.15, 0.2) is 78.9 Å². The van der Waals surface area contributed by atoms with E-state index in [4.69, 9.17) is 4.98 Å². The third-order valence-corrected chi connectivity index (χ3v) is 6.52. The third-order valence-electron chi connectivity index (χ3n) is 6.52. The number of fused-ring (bicyclic) bond motifs is 1. The lowest BCUT2D eigenvalue weighted by Crippen LogP contribution is -2.49. The number of amides is 1. The molecule has 0 spiro atoms. The maximum absolute atomic E-state index is 13.0. The van der Waals surface area contributed by atoms with Gasteiger partial charge in [0, 0.05) is 39.3 Å². The molecule has 0 unspecified atom stereocenters. The molecule has 35 heavy (non-hydrogen) atoms. The number of halogens is 1. The summed E-state index contributed by atoms with van der Waals surface area (Å²) in [5.74, 6) is 0.793. The first kappa shape index (κ1) is 23.2. The van der Waals surface area contributed by atoms with Gasteiger partial charge < -0.3 is 9.88 Å². The fourth-order valence-electron chi connectivity index (χ4n) is 4.56. The van der Waals surface area contributed by atoms with Crippen molar-refractivity contribution in [1.29, 1.82) is 0 Å². The van der Waals surface area contributed by atoms with Gasteiger partial charge in [0.1, 0.15) is 11.6 Å². The van der Waals surface area contributed by atoms with E-state index in [-0.39, 0.29) is 11.7 Å². The number of piperazine rings is 1. The number of nitrogens with one attached hydrogen (secondary N) is 1. The van der Waals surface area contributed by atoms with Crippen molar-refractivity contribution in [3.05, 3.63) is 102 Å². The molecule has 1 fully saturated rings. The molecule has 1 aromatic heterocycles. The number of carbonyl (C=O) groups is 1. The summed E-state index contributed by atoms with van der Waals surface area (Å²) in [6.45, 7) is 5.82. The van der Waals surface area contributed by atoms with E-state index in [0.29, 0.717) is 13.1 Å². The van der Waals surface area contributed by atoms with Crippen molar-refractivity contribution >= 4 is 16.9 Å². The van der Waals surface area contributed by atoms with Crippen LogP contribution in [0.2, 0.25) is 0 Å². The Morgan fingerprint density at radius 3 is 2.26 bits per heavy atom. The van der Waals surface area contributed by atoms with Crippen LogP contribution in [0.5, 0.6) is 0 Å². The van der Waals surface area contributed by atoms with Crippen LogP contribution >= 0.6 is 0 Å². The molecular weight excluding hydrogens is 441 g/mol. The number of hydrogen-bond acceptors (Lipinski definition) is 4. The van der Waals surface area contributed by atoms with Crippen molar-refractivity contribution in [2.45, 2.75) is 19.6 Å². The standard InChI is InChI=1S/C28H30FN5O/c29-24-12-10-22(11-13-24)18-30-28(35)21-33-16-14-32(15-17-33)20-27-31-25-8-4-5-9-26(25)34(27)19-23-6-2-1-3-7-23/h1-13H,14-21H2,(H,30,35).